The summed E-state index contributed by atoms with van der Waals surface area (Å²) in [5, 5.41) is 5.31. The smallest absolute Gasteiger partial charge is 0.319 e. The monoisotopic (exact) mass is 236 g/mol. The zero-order valence-electron chi connectivity index (χ0n) is 10.1. The van der Waals surface area contributed by atoms with E-state index in [-0.39, 0.29) is 11.8 Å². The molecule has 0 aliphatic carbocycles. The first-order valence-corrected chi connectivity index (χ1v) is 5.56. The van der Waals surface area contributed by atoms with Crippen LogP contribution in [0.5, 0.6) is 0 Å². The minimum atomic E-state index is -0.278. The number of allylic oxidation sites excluding steroid dienone is 1. The van der Waals surface area contributed by atoms with Crippen molar-refractivity contribution in [2.75, 3.05) is 0 Å². The van der Waals surface area contributed by atoms with E-state index in [1.54, 1.807) is 18.3 Å². The van der Waals surface area contributed by atoms with Crippen LogP contribution in [0.15, 0.2) is 36.0 Å². The highest BCUT2D eigenvalue weighted by Crippen LogP contribution is 2.01. The highest BCUT2D eigenvalue weighted by molar-refractivity contribution is 5.74. The van der Waals surface area contributed by atoms with Gasteiger partial charge in [0, 0.05) is 12.7 Å². The van der Waals surface area contributed by atoms with Crippen LogP contribution in [0.3, 0.4) is 0 Å². The van der Waals surface area contributed by atoms with Crippen LogP contribution in [0.2, 0.25) is 0 Å². The molecule has 4 heteroatoms. The SMILES string of the molecule is CC/C(C)=C/NC(=O)NCc1ccc(F)cc1. The van der Waals surface area contributed by atoms with Crippen molar-refractivity contribution in [1.29, 1.82) is 0 Å². The highest BCUT2D eigenvalue weighted by atomic mass is 19.1. The average molecular weight is 236 g/mol. The van der Waals surface area contributed by atoms with Gasteiger partial charge in [-0.25, -0.2) is 9.18 Å². The van der Waals surface area contributed by atoms with Gasteiger partial charge < -0.3 is 10.6 Å². The Morgan fingerprint density at radius 3 is 2.59 bits per heavy atom. The number of rotatable bonds is 4. The molecular weight excluding hydrogens is 219 g/mol. The number of carbonyl (C=O) groups excluding carboxylic acids is 1. The lowest BCUT2D eigenvalue weighted by molar-refractivity contribution is 0.243. The van der Waals surface area contributed by atoms with Crippen molar-refractivity contribution in [2.45, 2.75) is 26.8 Å². The van der Waals surface area contributed by atoms with Gasteiger partial charge in [0.2, 0.25) is 0 Å². The molecule has 1 aromatic rings. The number of nitrogens with one attached hydrogen (secondary N) is 2. The van der Waals surface area contributed by atoms with Gasteiger partial charge in [0.1, 0.15) is 5.82 Å². The van der Waals surface area contributed by atoms with E-state index >= 15 is 0 Å². The second kappa shape index (κ2) is 6.68. The fraction of sp³-hybridized carbons (Fsp3) is 0.308. The molecule has 92 valence electrons. The predicted octanol–water partition coefficient (Wildman–Crippen LogP) is 2.94. The van der Waals surface area contributed by atoms with E-state index in [1.165, 1.54) is 12.1 Å². The molecule has 0 radical (unpaired) electrons. The average Bonchev–Trinajstić information content (AvgIpc) is 2.35. The van der Waals surface area contributed by atoms with Crippen molar-refractivity contribution >= 4 is 6.03 Å². The number of urea groups is 1. The molecule has 0 saturated heterocycles. The summed E-state index contributed by atoms with van der Waals surface area (Å²) < 4.78 is 12.6. The molecule has 0 spiro atoms. The Labute approximate surface area is 101 Å². The molecular formula is C13H17FN2O. The van der Waals surface area contributed by atoms with Gasteiger partial charge >= 0.3 is 6.03 Å². The van der Waals surface area contributed by atoms with Crippen LogP contribution in [0, 0.1) is 5.82 Å². The summed E-state index contributed by atoms with van der Waals surface area (Å²) in [6.07, 6.45) is 2.58. The van der Waals surface area contributed by atoms with E-state index < -0.39 is 0 Å². The molecule has 2 amide bonds. The maximum absolute atomic E-state index is 12.6. The first-order valence-electron chi connectivity index (χ1n) is 5.56. The van der Waals surface area contributed by atoms with Crippen molar-refractivity contribution < 1.29 is 9.18 Å². The van der Waals surface area contributed by atoms with Gasteiger partial charge in [0.25, 0.3) is 0 Å². The second-order valence-corrected chi connectivity index (χ2v) is 3.80. The zero-order valence-corrected chi connectivity index (χ0v) is 10.1. The van der Waals surface area contributed by atoms with E-state index in [0.29, 0.717) is 6.54 Å². The minimum absolute atomic E-state index is 0.262. The molecule has 0 bridgehead atoms. The summed E-state index contributed by atoms with van der Waals surface area (Å²) in [7, 11) is 0. The minimum Gasteiger partial charge on any atom is -0.334 e. The largest absolute Gasteiger partial charge is 0.334 e. The van der Waals surface area contributed by atoms with Crippen LogP contribution >= 0.6 is 0 Å². The zero-order chi connectivity index (χ0) is 12.7. The van der Waals surface area contributed by atoms with Crippen LogP contribution < -0.4 is 10.6 Å². The van der Waals surface area contributed by atoms with Crippen molar-refractivity contribution in [3.05, 3.63) is 47.4 Å². The number of benzene rings is 1. The lowest BCUT2D eigenvalue weighted by Gasteiger charge is -2.05. The number of hydrogen-bond donors (Lipinski definition) is 2. The molecule has 0 unspecified atom stereocenters. The fourth-order valence-corrected chi connectivity index (χ4v) is 1.13. The van der Waals surface area contributed by atoms with Gasteiger partial charge in [-0.15, -0.1) is 0 Å². The quantitative estimate of drug-likeness (QED) is 0.829. The number of amides is 2. The van der Waals surface area contributed by atoms with Gasteiger partial charge in [0.15, 0.2) is 0 Å². The standard InChI is InChI=1S/C13H17FN2O/c1-3-10(2)8-15-13(17)16-9-11-4-6-12(14)7-5-11/h4-8H,3,9H2,1-2H3,(H2,15,16,17)/b10-8+. The molecule has 0 aliphatic heterocycles. The summed E-state index contributed by atoms with van der Waals surface area (Å²) >= 11 is 0. The van der Waals surface area contributed by atoms with Gasteiger partial charge in [0.05, 0.1) is 0 Å². The molecule has 0 atom stereocenters. The summed E-state index contributed by atoms with van der Waals surface area (Å²) in [4.78, 5) is 11.4. The molecule has 3 nitrogen and oxygen atoms in total. The Morgan fingerprint density at radius 1 is 1.35 bits per heavy atom. The first-order chi connectivity index (χ1) is 8.11. The topological polar surface area (TPSA) is 41.1 Å². The third-order valence-electron chi connectivity index (χ3n) is 2.37. The predicted molar refractivity (Wildman–Crippen MR) is 65.8 cm³/mol. The van der Waals surface area contributed by atoms with Crippen LogP contribution in [0.4, 0.5) is 9.18 Å². The second-order valence-electron chi connectivity index (χ2n) is 3.80. The Hall–Kier alpha value is -1.84. The number of carbonyl (C=O) groups is 1. The summed E-state index contributed by atoms with van der Waals surface area (Å²) in [5.41, 5.74) is 1.96. The first kappa shape index (κ1) is 13.2. The molecule has 0 aromatic heterocycles. The summed E-state index contributed by atoms with van der Waals surface area (Å²) in [6.45, 7) is 4.34. The summed E-state index contributed by atoms with van der Waals surface area (Å²) in [5.74, 6) is -0.278. The van der Waals surface area contributed by atoms with E-state index in [2.05, 4.69) is 10.6 Å². The van der Waals surface area contributed by atoms with Gasteiger partial charge in [-0.3, -0.25) is 0 Å². The van der Waals surface area contributed by atoms with Crippen LogP contribution in [0.1, 0.15) is 25.8 Å². The molecule has 1 rings (SSSR count). The maximum Gasteiger partial charge on any atom is 0.319 e. The number of hydrogen-bond acceptors (Lipinski definition) is 1. The molecule has 0 fully saturated rings. The molecule has 2 N–H and O–H groups in total. The lowest BCUT2D eigenvalue weighted by atomic mass is 10.2. The molecule has 0 saturated carbocycles. The molecule has 0 heterocycles. The van der Waals surface area contributed by atoms with Crippen molar-refractivity contribution in [1.82, 2.24) is 10.6 Å². The van der Waals surface area contributed by atoms with Gasteiger partial charge in [-0.05, 0) is 31.0 Å². The third-order valence-corrected chi connectivity index (χ3v) is 2.37. The van der Waals surface area contributed by atoms with Crippen LogP contribution in [-0.2, 0) is 6.54 Å². The normalized spacial score (nSPS) is 11.1. The molecule has 17 heavy (non-hydrogen) atoms. The van der Waals surface area contributed by atoms with E-state index in [1.807, 2.05) is 13.8 Å². The van der Waals surface area contributed by atoms with Crippen molar-refractivity contribution in [3.63, 3.8) is 0 Å². The van der Waals surface area contributed by atoms with Gasteiger partial charge in [-0.1, -0.05) is 24.6 Å². The Bertz CT molecular complexity index is 398. The molecule has 0 aliphatic rings. The van der Waals surface area contributed by atoms with Gasteiger partial charge in [-0.2, -0.15) is 0 Å². The Balaban J connectivity index is 2.36. The van der Waals surface area contributed by atoms with Crippen LogP contribution in [-0.4, -0.2) is 6.03 Å². The maximum atomic E-state index is 12.6. The Kier molecular flexibility index (Phi) is 5.20. The van der Waals surface area contributed by atoms with E-state index in [9.17, 15) is 9.18 Å². The Morgan fingerprint density at radius 2 is 2.00 bits per heavy atom. The van der Waals surface area contributed by atoms with E-state index in [0.717, 1.165) is 17.6 Å². The molecule has 1 aromatic carbocycles. The summed E-state index contributed by atoms with van der Waals surface area (Å²) in [6, 6.07) is 5.76. The van der Waals surface area contributed by atoms with Crippen molar-refractivity contribution in [3.8, 4) is 0 Å². The number of halogens is 1. The highest BCUT2D eigenvalue weighted by Gasteiger charge is 1.98. The van der Waals surface area contributed by atoms with E-state index in [4.69, 9.17) is 0 Å². The fourth-order valence-electron chi connectivity index (χ4n) is 1.13. The third kappa shape index (κ3) is 5.15. The lowest BCUT2D eigenvalue weighted by Crippen LogP contribution is -2.31. The van der Waals surface area contributed by atoms with Crippen molar-refractivity contribution in [2.24, 2.45) is 0 Å². The van der Waals surface area contributed by atoms with Crippen LogP contribution in [0.25, 0.3) is 0 Å².